The predicted octanol–water partition coefficient (Wildman–Crippen LogP) is 1.84. The van der Waals surface area contributed by atoms with Crippen LogP contribution in [0.1, 0.15) is 26.0 Å². The van der Waals surface area contributed by atoms with E-state index in [0.29, 0.717) is 26.1 Å². The van der Waals surface area contributed by atoms with E-state index in [2.05, 4.69) is 9.88 Å². The predicted molar refractivity (Wildman–Crippen MR) is 108 cm³/mol. The van der Waals surface area contributed by atoms with Gasteiger partial charge >= 0.3 is 0 Å². The molecule has 0 bridgehead atoms. The van der Waals surface area contributed by atoms with E-state index in [9.17, 15) is 9.59 Å². The van der Waals surface area contributed by atoms with E-state index < -0.39 is 0 Å². The monoisotopic (exact) mass is 381 g/mol. The number of anilines is 1. The topological polar surface area (TPSA) is 69.6 Å². The Morgan fingerprint density at radius 1 is 1.07 bits per heavy atom. The molecule has 7 nitrogen and oxygen atoms in total. The number of hydrogen-bond acceptors (Lipinski definition) is 5. The second-order valence-electron chi connectivity index (χ2n) is 7.97. The summed E-state index contributed by atoms with van der Waals surface area (Å²) in [7, 11) is 0. The van der Waals surface area contributed by atoms with Crippen LogP contribution >= 0.6 is 0 Å². The van der Waals surface area contributed by atoms with Crippen LogP contribution < -0.4 is 4.90 Å². The van der Waals surface area contributed by atoms with Gasteiger partial charge in [-0.2, -0.15) is 0 Å². The zero-order valence-corrected chi connectivity index (χ0v) is 16.8. The van der Waals surface area contributed by atoms with Crippen molar-refractivity contribution in [2.24, 2.45) is 5.92 Å². The third-order valence-corrected chi connectivity index (χ3v) is 5.74. The minimum Gasteiger partial charge on any atom is -0.352 e. The van der Waals surface area contributed by atoms with Crippen LogP contribution in [-0.2, 0) is 9.59 Å². The highest BCUT2D eigenvalue weighted by Gasteiger charge is 2.38. The van der Waals surface area contributed by atoms with Crippen LogP contribution in [0.2, 0.25) is 0 Å². The van der Waals surface area contributed by atoms with Crippen LogP contribution in [-0.4, -0.2) is 70.3 Å². The van der Waals surface area contributed by atoms with Gasteiger partial charge in [0.15, 0.2) is 5.82 Å². The zero-order chi connectivity index (χ0) is 19.8. The number of piperazine rings is 1. The molecule has 2 amide bonds. The molecular weight excluding hydrogens is 354 g/mol. The van der Waals surface area contributed by atoms with Gasteiger partial charge in [0.25, 0.3) is 0 Å². The molecule has 2 aliphatic rings. The normalized spacial score (nSPS) is 20.5. The average molecular weight is 381 g/mol. The molecule has 0 spiro atoms. The van der Waals surface area contributed by atoms with Gasteiger partial charge in [-0.25, -0.2) is 9.97 Å². The molecule has 0 radical (unpaired) electrons. The Labute approximate surface area is 165 Å². The number of carbonyl (C=O) groups is 2. The highest BCUT2D eigenvalue weighted by molar-refractivity contribution is 5.89. The number of hydrogen-bond donors (Lipinski definition) is 0. The summed E-state index contributed by atoms with van der Waals surface area (Å²) in [4.78, 5) is 40.4. The van der Waals surface area contributed by atoms with Crippen molar-refractivity contribution in [1.29, 1.82) is 0 Å². The third-order valence-electron chi connectivity index (χ3n) is 5.74. The molecule has 1 aromatic heterocycles. The minimum absolute atomic E-state index is 0.0917. The molecule has 1 aromatic carbocycles. The van der Waals surface area contributed by atoms with Crippen LogP contribution in [0.3, 0.4) is 0 Å². The summed E-state index contributed by atoms with van der Waals surface area (Å²) in [5.41, 5.74) is 2.70. The van der Waals surface area contributed by atoms with Gasteiger partial charge in [-0.05, 0) is 32.9 Å². The number of aryl methyl sites for hydroxylation is 1. The van der Waals surface area contributed by atoms with E-state index in [1.165, 1.54) is 0 Å². The molecule has 0 saturated carbocycles. The van der Waals surface area contributed by atoms with E-state index in [-0.39, 0.29) is 23.8 Å². The first-order valence-corrected chi connectivity index (χ1v) is 10.0. The largest absolute Gasteiger partial charge is 0.352 e. The smallest absolute Gasteiger partial charge is 0.228 e. The maximum absolute atomic E-state index is 12.9. The number of fused-ring (bicyclic) bond motifs is 1. The van der Waals surface area contributed by atoms with Crippen LogP contribution in [0.25, 0.3) is 11.0 Å². The Bertz CT molecular complexity index is 905. The molecule has 1 atom stereocenters. The molecule has 28 heavy (non-hydrogen) atoms. The van der Waals surface area contributed by atoms with Gasteiger partial charge in [0.05, 0.1) is 22.6 Å². The Balaban J connectivity index is 1.42. The van der Waals surface area contributed by atoms with E-state index in [1.54, 1.807) is 0 Å². The molecule has 1 unspecified atom stereocenters. The number of nitrogens with zero attached hydrogens (tertiary/aromatic N) is 5. The van der Waals surface area contributed by atoms with Crippen molar-refractivity contribution >= 4 is 28.7 Å². The summed E-state index contributed by atoms with van der Waals surface area (Å²) in [5, 5.41) is 0. The number of benzene rings is 1. The highest BCUT2D eigenvalue weighted by atomic mass is 16.2. The third kappa shape index (κ3) is 3.41. The fourth-order valence-corrected chi connectivity index (χ4v) is 4.17. The molecule has 0 N–H and O–H groups in total. The van der Waals surface area contributed by atoms with Crippen molar-refractivity contribution in [2.75, 3.05) is 37.6 Å². The summed E-state index contributed by atoms with van der Waals surface area (Å²) in [6.07, 6.45) is 0.340. The lowest BCUT2D eigenvalue weighted by molar-refractivity contribution is -0.136. The van der Waals surface area contributed by atoms with Crippen molar-refractivity contribution in [1.82, 2.24) is 19.8 Å². The zero-order valence-electron chi connectivity index (χ0n) is 16.8. The lowest BCUT2D eigenvalue weighted by Crippen LogP contribution is -2.51. The molecular formula is C21H27N5O2. The van der Waals surface area contributed by atoms with Crippen LogP contribution in [0.4, 0.5) is 5.82 Å². The fraction of sp³-hybridized carbons (Fsp3) is 0.524. The average Bonchev–Trinajstić information content (AvgIpc) is 3.09. The van der Waals surface area contributed by atoms with Crippen molar-refractivity contribution in [3.8, 4) is 0 Å². The van der Waals surface area contributed by atoms with Crippen molar-refractivity contribution in [2.45, 2.75) is 33.2 Å². The maximum atomic E-state index is 12.9. The Kier molecular flexibility index (Phi) is 4.91. The summed E-state index contributed by atoms with van der Waals surface area (Å²) in [6.45, 7) is 9.29. The van der Waals surface area contributed by atoms with Gasteiger partial charge in [0.2, 0.25) is 11.8 Å². The Morgan fingerprint density at radius 2 is 1.71 bits per heavy atom. The first-order valence-electron chi connectivity index (χ1n) is 10.0. The number of aromatic nitrogens is 2. The molecule has 3 heterocycles. The van der Waals surface area contributed by atoms with Gasteiger partial charge in [0.1, 0.15) is 0 Å². The number of likely N-dealkylation sites (tertiary alicyclic amines) is 1. The minimum atomic E-state index is -0.205. The summed E-state index contributed by atoms with van der Waals surface area (Å²) in [6, 6.07) is 8.03. The lowest BCUT2D eigenvalue weighted by Gasteiger charge is -2.37. The van der Waals surface area contributed by atoms with Crippen LogP contribution in [0, 0.1) is 12.8 Å². The Hall–Kier alpha value is -2.70. The van der Waals surface area contributed by atoms with E-state index in [1.807, 2.05) is 54.8 Å². The van der Waals surface area contributed by atoms with Gasteiger partial charge in [-0.3, -0.25) is 9.59 Å². The molecule has 148 valence electrons. The van der Waals surface area contributed by atoms with Gasteiger partial charge in [0, 0.05) is 45.2 Å². The van der Waals surface area contributed by atoms with Crippen LogP contribution in [0.15, 0.2) is 24.3 Å². The SMILES string of the molecule is Cc1nc2ccccc2nc1N1CCN(C(=O)C2CC(=O)N(C(C)C)C2)CC1. The van der Waals surface area contributed by atoms with Crippen molar-refractivity contribution in [3.05, 3.63) is 30.0 Å². The summed E-state index contributed by atoms with van der Waals surface area (Å²) < 4.78 is 0. The first kappa shape index (κ1) is 18.7. The summed E-state index contributed by atoms with van der Waals surface area (Å²) >= 11 is 0. The van der Waals surface area contributed by atoms with E-state index in [0.717, 1.165) is 35.6 Å². The first-order chi connectivity index (χ1) is 13.4. The second-order valence-corrected chi connectivity index (χ2v) is 7.97. The maximum Gasteiger partial charge on any atom is 0.228 e. The molecule has 0 aliphatic carbocycles. The van der Waals surface area contributed by atoms with Crippen LogP contribution in [0.5, 0.6) is 0 Å². The quantitative estimate of drug-likeness (QED) is 0.812. The number of carbonyl (C=O) groups excluding carboxylic acids is 2. The van der Waals surface area contributed by atoms with Crippen molar-refractivity contribution in [3.63, 3.8) is 0 Å². The molecule has 2 aromatic rings. The number of rotatable bonds is 3. The van der Waals surface area contributed by atoms with Gasteiger partial charge < -0.3 is 14.7 Å². The standard InChI is InChI=1S/C21H27N5O2/c1-14(2)26-13-16(12-19(26)27)21(28)25-10-8-24(9-11-25)20-15(3)22-17-6-4-5-7-18(17)23-20/h4-7,14,16H,8-13H2,1-3H3. The van der Waals surface area contributed by atoms with E-state index in [4.69, 9.17) is 4.98 Å². The molecule has 2 aliphatic heterocycles. The number of para-hydroxylation sites is 2. The number of amides is 2. The fourth-order valence-electron chi connectivity index (χ4n) is 4.17. The molecule has 7 heteroatoms. The summed E-state index contributed by atoms with van der Waals surface area (Å²) in [5.74, 6) is 0.892. The molecule has 2 saturated heterocycles. The molecule has 2 fully saturated rings. The lowest BCUT2D eigenvalue weighted by atomic mass is 10.1. The van der Waals surface area contributed by atoms with Gasteiger partial charge in [-0.15, -0.1) is 0 Å². The Morgan fingerprint density at radius 3 is 2.32 bits per heavy atom. The molecule has 4 rings (SSSR count). The van der Waals surface area contributed by atoms with Gasteiger partial charge in [-0.1, -0.05) is 12.1 Å². The second kappa shape index (κ2) is 7.37. The van der Waals surface area contributed by atoms with Crippen molar-refractivity contribution < 1.29 is 9.59 Å². The van der Waals surface area contributed by atoms with E-state index >= 15 is 0 Å². The highest BCUT2D eigenvalue weighted by Crippen LogP contribution is 2.25.